The van der Waals surface area contributed by atoms with E-state index in [0.29, 0.717) is 18.7 Å². The van der Waals surface area contributed by atoms with Crippen molar-refractivity contribution in [3.8, 4) is 6.07 Å². The Bertz CT molecular complexity index is 948. The molecule has 0 saturated carbocycles. The lowest BCUT2D eigenvalue weighted by molar-refractivity contribution is -0.0584. The van der Waals surface area contributed by atoms with E-state index in [1.165, 1.54) is 6.33 Å². The molecule has 10 heteroatoms. The molecule has 1 aliphatic rings. The number of nitriles is 1. The molecule has 154 valence electrons. The second kappa shape index (κ2) is 8.45. The molecule has 1 fully saturated rings. The SMILES string of the molecule is CC(C)OC(=O)OC[C@]1(C#N)CC[C@H](c2ccc3c(N=CN(C)C)ncnn23)O1. The van der Waals surface area contributed by atoms with Gasteiger partial charge in [-0.15, -0.1) is 0 Å². The van der Waals surface area contributed by atoms with E-state index in [4.69, 9.17) is 14.2 Å². The number of fused-ring (bicyclic) bond motifs is 1. The second-order valence-electron chi connectivity index (χ2n) is 7.30. The van der Waals surface area contributed by atoms with Crippen LogP contribution < -0.4 is 0 Å². The molecule has 29 heavy (non-hydrogen) atoms. The van der Waals surface area contributed by atoms with Crippen molar-refractivity contribution in [2.75, 3.05) is 20.7 Å². The van der Waals surface area contributed by atoms with Gasteiger partial charge in [-0.25, -0.2) is 19.3 Å². The van der Waals surface area contributed by atoms with Crippen LogP contribution in [0.2, 0.25) is 0 Å². The Balaban J connectivity index is 1.77. The molecule has 1 saturated heterocycles. The van der Waals surface area contributed by atoms with E-state index in [1.807, 2.05) is 31.1 Å². The fourth-order valence-corrected chi connectivity index (χ4v) is 3.04. The Morgan fingerprint density at radius 1 is 1.55 bits per heavy atom. The molecule has 2 atom stereocenters. The van der Waals surface area contributed by atoms with Crippen molar-refractivity contribution in [1.82, 2.24) is 19.5 Å². The summed E-state index contributed by atoms with van der Waals surface area (Å²) >= 11 is 0. The maximum absolute atomic E-state index is 11.7. The van der Waals surface area contributed by atoms with Crippen LogP contribution in [0, 0.1) is 11.3 Å². The van der Waals surface area contributed by atoms with Crippen LogP contribution in [0.1, 0.15) is 38.5 Å². The molecule has 1 aliphatic heterocycles. The van der Waals surface area contributed by atoms with Gasteiger partial charge in [0, 0.05) is 14.1 Å². The third-order valence-corrected chi connectivity index (χ3v) is 4.34. The number of carbonyl (C=O) groups is 1. The fraction of sp³-hybridized carbons (Fsp3) is 0.526. The molecular formula is C19H24N6O4. The summed E-state index contributed by atoms with van der Waals surface area (Å²) in [6.07, 6.45) is 2.61. The monoisotopic (exact) mass is 400 g/mol. The lowest BCUT2D eigenvalue weighted by atomic mass is 10.0. The van der Waals surface area contributed by atoms with Gasteiger partial charge in [0.25, 0.3) is 0 Å². The fourth-order valence-electron chi connectivity index (χ4n) is 3.04. The molecule has 3 rings (SSSR count). The minimum absolute atomic E-state index is 0.192. The Kier molecular flexibility index (Phi) is 5.98. The van der Waals surface area contributed by atoms with E-state index in [0.717, 1.165) is 11.2 Å². The van der Waals surface area contributed by atoms with E-state index < -0.39 is 11.8 Å². The van der Waals surface area contributed by atoms with Crippen LogP contribution in [0.4, 0.5) is 10.6 Å². The summed E-state index contributed by atoms with van der Waals surface area (Å²) in [4.78, 5) is 22.0. The number of nitrogens with zero attached hydrogens (tertiary/aromatic N) is 6. The van der Waals surface area contributed by atoms with Gasteiger partial charge < -0.3 is 19.1 Å². The van der Waals surface area contributed by atoms with Crippen molar-refractivity contribution in [1.29, 1.82) is 5.26 Å². The zero-order valence-electron chi connectivity index (χ0n) is 16.9. The molecule has 0 bridgehead atoms. The molecule has 0 N–H and O–H groups in total. The third kappa shape index (κ3) is 4.63. The summed E-state index contributed by atoms with van der Waals surface area (Å²) in [5, 5.41) is 13.9. The Morgan fingerprint density at radius 2 is 2.34 bits per heavy atom. The molecule has 0 spiro atoms. The number of aromatic nitrogens is 3. The number of hydrogen-bond acceptors (Lipinski definition) is 8. The Labute approximate surface area is 168 Å². The zero-order chi connectivity index (χ0) is 21.0. The predicted octanol–water partition coefficient (Wildman–Crippen LogP) is 2.63. The molecule has 0 unspecified atom stereocenters. The lowest BCUT2D eigenvalue weighted by Crippen LogP contribution is -2.34. The van der Waals surface area contributed by atoms with Crippen LogP contribution in [0.15, 0.2) is 23.5 Å². The minimum atomic E-state index is -1.22. The molecule has 0 aromatic carbocycles. The van der Waals surface area contributed by atoms with Crippen molar-refractivity contribution in [3.05, 3.63) is 24.2 Å². The first kappa shape index (κ1) is 20.5. The van der Waals surface area contributed by atoms with E-state index in [9.17, 15) is 10.1 Å². The van der Waals surface area contributed by atoms with Gasteiger partial charge in [0.2, 0.25) is 0 Å². The van der Waals surface area contributed by atoms with Crippen LogP contribution in [-0.4, -0.2) is 64.4 Å². The van der Waals surface area contributed by atoms with Crippen LogP contribution >= 0.6 is 0 Å². The predicted molar refractivity (Wildman–Crippen MR) is 104 cm³/mol. The Morgan fingerprint density at radius 3 is 3.03 bits per heavy atom. The Hall–Kier alpha value is -3.19. The summed E-state index contributed by atoms with van der Waals surface area (Å²) < 4.78 is 17.8. The summed E-state index contributed by atoms with van der Waals surface area (Å²) in [7, 11) is 3.75. The highest BCUT2D eigenvalue weighted by Gasteiger charge is 2.43. The first-order valence-corrected chi connectivity index (χ1v) is 9.29. The van der Waals surface area contributed by atoms with Crippen LogP contribution in [-0.2, 0) is 14.2 Å². The van der Waals surface area contributed by atoms with Gasteiger partial charge >= 0.3 is 6.16 Å². The van der Waals surface area contributed by atoms with E-state index in [-0.39, 0.29) is 18.8 Å². The summed E-state index contributed by atoms with van der Waals surface area (Å²) in [6, 6.07) is 5.89. The van der Waals surface area contributed by atoms with Crippen molar-refractivity contribution >= 4 is 23.8 Å². The minimum Gasteiger partial charge on any atom is -0.432 e. The maximum atomic E-state index is 11.7. The molecule has 10 nitrogen and oxygen atoms in total. The van der Waals surface area contributed by atoms with Crippen molar-refractivity contribution in [2.24, 2.45) is 4.99 Å². The number of aliphatic imine (C=N–C) groups is 1. The van der Waals surface area contributed by atoms with Gasteiger partial charge in [-0.1, -0.05) is 0 Å². The van der Waals surface area contributed by atoms with Gasteiger partial charge in [-0.05, 0) is 38.8 Å². The molecule has 0 radical (unpaired) electrons. The van der Waals surface area contributed by atoms with Gasteiger partial charge in [-0.2, -0.15) is 10.4 Å². The molecule has 0 amide bonds. The maximum Gasteiger partial charge on any atom is 0.508 e. The second-order valence-corrected chi connectivity index (χ2v) is 7.30. The third-order valence-electron chi connectivity index (χ3n) is 4.34. The lowest BCUT2D eigenvalue weighted by Gasteiger charge is -2.21. The van der Waals surface area contributed by atoms with Gasteiger partial charge in [-0.3, -0.25) is 0 Å². The van der Waals surface area contributed by atoms with Crippen LogP contribution in [0.25, 0.3) is 5.52 Å². The van der Waals surface area contributed by atoms with Gasteiger partial charge in [0.1, 0.15) is 30.6 Å². The van der Waals surface area contributed by atoms with Crippen LogP contribution in [0.5, 0.6) is 0 Å². The van der Waals surface area contributed by atoms with Crippen molar-refractivity contribution in [3.63, 3.8) is 0 Å². The van der Waals surface area contributed by atoms with E-state index >= 15 is 0 Å². The first-order valence-electron chi connectivity index (χ1n) is 9.29. The molecule has 2 aromatic heterocycles. The number of hydrogen-bond donors (Lipinski definition) is 0. The van der Waals surface area contributed by atoms with Gasteiger partial charge in [0.05, 0.1) is 18.1 Å². The smallest absolute Gasteiger partial charge is 0.432 e. The van der Waals surface area contributed by atoms with Crippen molar-refractivity contribution in [2.45, 2.75) is 44.5 Å². The molecule has 2 aromatic rings. The van der Waals surface area contributed by atoms with Crippen LogP contribution in [0.3, 0.4) is 0 Å². The molecular weight excluding hydrogens is 376 g/mol. The highest BCUT2D eigenvalue weighted by atomic mass is 16.7. The van der Waals surface area contributed by atoms with E-state index in [1.54, 1.807) is 24.7 Å². The molecule has 3 heterocycles. The largest absolute Gasteiger partial charge is 0.508 e. The average Bonchev–Trinajstić information content (AvgIpc) is 3.29. The number of ether oxygens (including phenoxy) is 3. The topological polar surface area (TPSA) is 114 Å². The first-order chi connectivity index (χ1) is 13.8. The highest BCUT2D eigenvalue weighted by Crippen LogP contribution is 2.40. The van der Waals surface area contributed by atoms with Crippen molar-refractivity contribution < 1.29 is 19.0 Å². The highest BCUT2D eigenvalue weighted by molar-refractivity contribution is 5.70. The van der Waals surface area contributed by atoms with Gasteiger partial charge in [0.15, 0.2) is 11.4 Å². The normalized spacial score (nSPS) is 21.6. The molecule has 0 aliphatic carbocycles. The number of carbonyl (C=O) groups excluding carboxylic acids is 1. The summed E-state index contributed by atoms with van der Waals surface area (Å²) in [5.74, 6) is 0.532. The average molecular weight is 400 g/mol. The quantitative estimate of drug-likeness (QED) is 0.413. The number of rotatable bonds is 6. The summed E-state index contributed by atoms with van der Waals surface area (Å²) in [6.45, 7) is 3.25. The van der Waals surface area contributed by atoms with E-state index in [2.05, 4.69) is 21.1 Å². The standard InChI is InChI=1S/C19H24N6O4/c1-13(2)28-18(26)27-10-19(9-20)8-7-16(29-19)14-5-6-15-17(22-12-24(3)4)21-11-23-25(14)15/h5-6,11-13,16H,7-8,10H2,1-4H3/t16-,19-/m1/s1. The zero-order valence-corrected chi connectivity index (χ0v) is 16.9. The summed E-state index contributed by atoms with van der Waals surface area (Å²) in [5.41, 5.74) is 0.296.